The number of hydrogen-bond acceptors (Lipinski definition) is 7. The van der Waals surface area contributed by atoms with Crippen LogP contribution >= 0.6 is 0 Å². The van der Waals surface area contributed by atoms with Crippen LogP contribution < -0.4 is 11.5 Å². The molecule has 84 valence electrons. The lowest BCUT2D eigenvalue weighted by molar-refractivity contribution is 0.0987. The molecular weight excluding hydrogens is 214 g/mol. The molecule has 0 saturated heterocycles. The fourth-order valence-corrected chi connectivity index (χ4v) is 1.07. The van der Waals surface area contributed by atoms with Crippen LogP contribution in [-0.4, -0.2) is 37.6 Å². The topological polar surface area (TPSA) is 139 Å². The van der Waals surface area contributed by atoms with Gasteiger partial charge in [0.2, 0.25) is 0 Å². The van der Waals surface area contributed by atoms with Crippen molar-refractivity contribution in [2.24, 2.45) is 11.5 Å². The summed E-state index contributed by atoms with van der Waals surface area (Å²) in [7, 11) is 0. The molecule has 2 aromatic heterocycles. The smallest absolute Gasteiger partial charge is 0.290 e. The summed E-state index contributed by atoms with van der Waals surface area (Å²) in [6.45, 7) is 0.975. The molecule has 2 aromatic rings. The largest absolute Gasteiger partial charge is 0.363 e. The van der Waals surface area contributed by atoms with E-state index in [1.807, 2.05) is 0 Å². The van der Waals surface area contributed by atoms with Crippen LogP contribution in [0.4, 0.5) is 0 Å². The molecule has 9 nitrogen and oxygen atoms in total. The molecule has 2 rings (SSSR count). The monoisotopic (exact) mass is 223 g/mol. The first-order valence-corrected chi connectivity index (χ1v) is 4.45. The molecule has 0 spiro atoms. The van der Waals surface area contributed by atoms with Crippen molar-refractivity contribution in [3.05, 3.63) is 12.0 Å². The number of rotatable bonds is 4. The predicted molar refractivity (Wildman–Crippen MR) is 50.9 cm³/mol. The average molecular weight is 223 g/mol. The van der Waals surface area contributed by atoms with Gasteiger partial charge in [-0.05, 0) is 0 Å². The Hall–Kier alpha value is -2.29. The number of primary amides is 1. The van der Waals surface area contributed by atoms with E-state index in [2.05, 4.69) is 20.5 Å². The van der Waals surface area contributed by atoms with Gasteiger partial charge in [-0.3, -0.25) is 9.48 Å². The van der Waals surface area contributed by atoms with Crippen LogP contribution in [0.5, 0.6) is 0 Å². The maximum Gasteiger partial charge on any atom is 0.290 e. The van der Waals surface area contributed by atoms with Crippen LogP contribution in [0.1, 0.15) is 10.6 Å². The minimum absolute atomic E-state index is 0.0945. The fourth-order valence-electron chi connectivity index (χ4n) is 1.07. The van der Waals surface area contributed by atoms with Crippen LogP contribution in [0.3, 0.4) is 0 Å². The lowest BCUT2D eigenvalue weighted by Crippen LogP contribution is -2.12. The second kappa shape index (κ2) is 4.06. The molecule has 0 unspecified atom stereocenters. The summed E-state index contributed by atoms with van der Waals surface area (Å²) < 4.78 is 6.33. The zero-order valence-electron chi connectivity index (χ0n) is 8.20. The van der Waals surface area contributed by atoms with E-state index in [0.717, 1.165) is 0 Å². The normalized spacial score (nSPS) is 10.6. The van der Waals surface area contributed by atoms with E-state index in [9.17, 15) is 4.79 Å². The van der Waals surface area contributed by atoms with Crippen molar-refractivity contribution in [1.82, 2.24) is 25.1 Å². The molecule has 0 radical (unpaired) electrons. The molecule has 1 amide bonds. The van der Waals surface area contributed by atoms with Crippen LogP contribution in [0, 0.1) is 0 Å². The molecule has 0 aliphatic carbocycles. The fraction of sp³-hybridized carbons (Fsp3) is 0.286. The molecule has 16 heavy (non-hydrogen) atoms. The van der Waals surface area contributed by atoms with Gasteiger partial charge in [0.1, 0.15) is 0 Å². The summed E-state index contributed by atoms with van der Waals surface area (Å²) in [5.41, 5.74) is 10.7. The van der Waals surface area contributed by atoms with Gasteiger partial charge in [0.15, 0.2) is 5.69 Å². The highest BCUT2D eigenvalue weighted by Gasteiger charge is 2.15. The van der Waals surface area contributed by atoms with Crippen molar-refractivity contribution in [3.8, 4) is 11.6 Å². The van der Waals surface area contributed by atoms with E-state index in [4.69, 9.17) is 16.0 Å². The van der Waals surface area contributed by atoms with Crippen LogP contribution in [-0.2, 0) is 6.54 Å². The van der Waals surface area contributed by atoms with Crippen molar-refractivity contribution in [3.63, 3.8) is 0 Å². The molecule has 2 heterocycles. The van der Waals surface area contributed by atoms with Gasteiger partial charge in [0.25, 0.3) is 17.6 Å². The molecule has 0 atom stereocenters. The number of aromatic nitrogens is 5. The Morgan fingerprint density at radius 1 is 1.56 bits per heavy atom. The first kappa shape index (κ1) is 10.2. The zero-order chi connectivity index (χ0) is 11.5. The maximum absolute atomic E-state index is 10.7. The van der Waals surface area contributed by atoms with Crippen LogP contribution in [0.15, 0.2) is 10.7 Å². The average Bonchev–Trinajstić information content (AvgIpc) is 2.84. The van der Waals surface area contributed by atoms with Gasteiger partial charge in [-0.2, -0.15) is 4.98 Å². The van der Waals surface area contributed by atoms with Crippen molar-refractivity contribution >= 4 is 5.91 Å². The Bertz CT molecular complexity index is 502. The maximum atomic E-state index is 10.7. The highest BCUT2D eigenvalue weighted by atomic mass is 16.5. The SMILES string of the molecule is NCCn1cc(-c2nc(C(N)=O)no2)nn1. The third-order valence-electron chi connectivity index (χ3n) is 1.76. The third kappa shape index (κ3) is 1.88. The van der Waals surface area contributed by atoms with Gasteiger partial charge in [0, 0.05) is 6.54 Å². The minimum atomic E-state index is -0.760. The first-order chi connectivity index (χ1) is 7.70. The molecule has 0 saturated carbocycles. The molecule has 9 heteroatoms. The molecule has 0 bridgehead atoms. The molecule has 0 aliphatic rings. The van der Waals surface area contributed by atoms with Crippen molar-refractivity contribution < 1.29 is 9.32 Å². The third-order valence-corrected chi connectivity index (χ3v) is 1.76. The Morgan fingerprint density at radius 2 is 2.38 bits per heavy atom. The molecule has 0 aliphatic heterocycles. The summed E-state index contributed by atoms with van der Waals surface area (Å²) >= 11 is 0. The Labute approximate surface area is 89.4 Å². The van der Waals surface area contributed by atoms with Gasteiger partial charge < -0.3 is 16.0 Å². The Morgan fingerprint density at radius 3 is 3.00 bits per heavy atom. The van der Waals surface area contributed by atoms with E-state index >= 15 is 0 Å². The molecular formula is C7H9N7O2. The van der Waals surface area contributed by atoms with Crippen molar-refractivity contribution in [2.45, 2.75) is 6.54 Å². The van der Waals surface area contributed by atoms with Gasteiger partial charge in [-0.15, -0.1) is 5.10 Å². The number of amides is 1. The van der Waals surface area contributed by atoms with Gasteiger partial charge in [-0.1, -0.05) is 10.4 Å². The summed E-state index contributed by atoms with van der Waals surface area (Å²) in [5, 5.41) is 11.0. The van der Waals surface area contributed by atoms with E-state index in [-0.39, 0.29) is 11.7 Å². The number of nitrogens with zero attached hydrogens (tertiary/aromatic N) is 5. The summed E-state index contributed by atoms with van der Waals surface area (Å²) in [4.78, 5) is 14.5. The minimum Gasteiger partial charge on any atom is -0.363 e. The van der Waals surface area contributed by atoms with E-state index in [0.29, 0.717) is 18.8 Å². The quantitative estimate of drug-likeness (QED) is 0.635. The standard InChI is InChI=1S/C7H9N7O2/c8-1-2-14-3-4(11-13-14)7-10-6(5(9)15)12-16-7/h3H,1-2,8H2,(H2,9,15). The number of hydrogen-bond donors (Lipinski definition) is 2. The van der Waals surface area contributed by atoms with Crippen molar-refractivity contribution in [2.75, 3.05) is 6.54 Å². The molecule has 0 aromatic carbocycles. The summed E-state index contributed by atoms with van der Waals surface area (Å²) in [6, 6.07) is 0. The van der Waals surface area contributed by atoms with Gasteiger partial charge in [0.05, 0.1) is 12.7 Å². The van der Waals surface area contributed by atoms with Gasteiger partial charge in [-0.25, -0.2) is 0 Å². The number of carbonyl (C=O) groups is 1. The number of carbonyl (C=O) groups excluding carboxylic acids is 1. The summed E-state index contributed by atoms with van der Waals surface area (Å²) in [5.74, 6) is -0.857. The second-order valence-electron chi connectivity index (χ2n) is 2.94. The lowest BCUT2D eigenvalue weighted by atomic mass is 10.4. The van der Waals surface area contributed by atoms with Crippen LogP contribution in [0.25, 0.3) is 11.6 Å². The van der Waals surface area contributed by atoms with E-state index in [1.165, 1.54) is 4.68 Å². The predicted octanol–water partition coefficient (Wildman–Crippen LogP) is -1.61. The molecule has 0 fully saturated rings. The Balaban J connectivity index is 2.24. The van der Waals surface area contributed by atoms with Gasteiger partial charge >= 0.3 is 0 Å². The van der Waals surface area contributed by atoms with E-state index < -0.39 is 5.91 Å². The summed E-state index contributed by atoms with van der Waals surface area (Å²) in [6.07, 6.45) is 1.59. The lowest BCUT2D eigenvalue weighted by Gasteiger charge is -1.91. The zero-order valence-corrected chi connectivity index (χ0v) is 8.20. The molecule has 4 N–H and O–H groups in total. The highest BCUT2D eigenvalue weighted by Crippen LogP contribution is 2.12. The number of nitrogens with two attached hydrogens (primary N) is 2. The first-order valence-electron chi connectivity index (χ1n) is 4.45. The highest BCUT2D eigenvalue weighted by molar-refractivity contribution is 5.88. The van der Waals surface area contributed by atoms with Crippen molar-refractivity contribution in [1.29, 1.82) is 0 Å². The second-order valence-corrected chi connectivity index (χ2v) is 2.94. The van der Waals surface area contributed by atoms with E-state index in [1.54, 1.807) is 6.20 Å². The Kier molecular flexibility index (Phi) is 2.60. The van der Waals surface area contributed by atoms with Crippen LogP contribution in [0.2, 0.25) is 0 Å².